The van der Waals surface area contributed by atoms with Gasteiger partial charge >= 0.3 is 0 Å². The molecular formula is C7H9ClFIN2. The molecule has 0 aliphatic carbocycles. The minimum atomic E-state index is -0.504. The normalized spacial score (nSPS) is 12.2. The van der Waals surface area contributed by atoms with Gasteiger partial charge in [-0.05, 0) is 43.4 Å². The van der Waals surface area contributed by atoms with Crippen LogP contribution >= 0.6 is 34.2 Å². The van der Waals surface area contributed by atoms with Gasteiger partial charge in [0.15, 0.2) is 0 Å². The lowest BCUT2D eigenvalue weighted by atomic mass is 10.1. The van der Waals surface area contributed by atoms with E-state index in [1.165, 1.54) is 4.68 Å². The van der Waals surface area contributed by atoms with Gasteiger partial charge in [-0.25, -0.2) is 4.68 Å². The van der Waals surface area contributed by atoms with Crippen LogP contribution in [0.15, 0.2) is 0 Å². The molecule has 0 saturated carbocycles. The van der Waals surface area contributed by atoms with E-state index in [1.807, 2.05) is 43.4 Å². The van der Waals surface area contributed by atoms with Crippen molar-refractivity contribution in [1.82, 2.24) is 9.78 Å². The van der Waals surface area contributed by atoms with E-state index in [0.29, 0.717) is 8.72 Å². The van der Waals surface area contributed by atoms with Crippen LogP contribution in [0.4, 0.5) is 4.39 Å². The van der Waals surface area contributed by atoms with E-state index in [2.05, 4.69) is 5.10 Å². The fourth-order valence-corrected chi connectivity index (χ4v) is 1.50. The molecule has 1 aromatic heterocycles. The highest BCUT2D eigenvalue weighted by Crippen LogP contribution is 2.26. The molecule has 0 radical (unpaired) electrons. The average Bonchev–Trinajstić information content (AvgIpc) is 2.15. The minimum absolute atomic E-state index is 0.276. The predicted molar refractivity (Wildman–Crippen MR) is 54.9 cm³/mol. The van der Waals surface area contributed by atoms with Crippen molar-refractivity contribution in [3.05, 3.63) is 14.7 Å². The van der Waals surface area contributed by atoms with Crippen LogP contribution in [0.5, 0.6) is 0 Å². The second-order valence-corrected chi connectivity index (χ2v) is 4.91. The van der Waals surface area contributed by atoms with Crippen LogP contribution in [-0.2, 0) is 5.54 Å². The lowest BCUT2D eigenvalue weighted by Crippen LogP contribution is -2.23. The van der Waals surface area contributed by atoms with E-state index in [0.717, 1.165) is 0 Å². The van der Waals surface area contributed by atoms with Gasteiger partial charge in [0.1, 0.15) is 8.72 Å². The molecule has 0 saturated heterocycles. The highest BCUT2D eigenvalue weighted by Gasteiger charge is 2.22. The van der Waals surface area contributed by atoms with Crippen molar-refractivity contribution < 1.29 is 4.39 Å². The Hall–Kier alpha value is 0.160. The highest BCUT2D eigenvalue weighted by atomic mass is 127. The maximum absolute atomic E-state index is 12.9. The Bertz CT molecular complexity index is 303. The molecule has 1 aromatic rings. The van der Waals surface area contributed by atoms with Crippen molar-refractivity contribution >= 4 is 34.2 Å². The maximum Gasteiger partial charge on any atom is 0.247 e. The molecule has 1 rings (SSSR count). The molecule has 2 nitrogen and oxygen atoms in total. The van der Waals surface area contributed by atoms with E-state index in [4.69, 9.17) is 11.6 Å². The Morgan fingerprint density at radius 2 is 2.00 bits per heavy atom. The summed E-state index contributed by atoms with van der Waals surface area (Å²) < 4.78 is 14.8. The summed E-state index contributed by atoms with van der Waals surface area (Å²) in [5, 5.41) is 4.05. The SMILES string of the molecule is CC(C)(C)n1nc(F)c(I)c1Cl. The molecule has 0 unspecified atom stereocenters. The molecule has 0 spiro atoms. The van der Waals surface area contributed by atoms with Gasteiger partial charge in [-0.15, -0.1) is 5.10 Å². The van der Waals surface area contributed by atoms with Crippen LogP contribution in [0, 0.1) is 9.52 Å². The third kappa shape index (κ3) is 1.74. The monoisotopic (exact) mass is 302 g/mol. The first-order valence-electron chi connectivity index (χ1n) is 3.44. The largest absolute Gasteiger partial charge is 0.247 e. The van der Waals surface area contributed by atoms with Gasteiger partial charge in [-0.1, -0.05) is 11.6 Å². The van der Waals surface area contributed by atoms with Crippen molar-refractivity contribution in [3.8, 4) is 0 Å². The summed E-state index contributed by atoms with van der Waals surface area (Å²) in [6, 6.07) is 0. The van der Waals surface area contributed by atoms with Crippen LogP contribution in [-0.4, -0.2) is 9.78 Å². The van der Waals surface area contributed by atoms with E-state index in [-0.39, 0.29) is 5.54 Å². The lowest BCUT2D eigenvalue weighted by molar-refractivity contribution is 0.343. The van der Waals surface area contributed by atoms with E-state index >= 15 is 0 Å². The van der Waals surface area contributed by atoms with Crippen LogP contribution in [0.25, 0.3) is 0 Å². The fraction of sp³-hybridized carbons (Fsp3) is 0.571. The molecule has 0 aliphatic heterocycles. The molecular weight excluding hydrogens is 293 g/mol. The minimum Gasteiger partial charge on any atom is -0.245 e. The maximum atomic E-state index is 12.9. The Kier molecular flexibility index (Phi) is 2.68. The van der Waals surface area contributed by atoms with Crippen molar-refractivity contribution in [2.45, 2.75) is 26.3 Å². The second kappa shape index (κ2) is 3.14. The molecule has 5 heteroatoms. The standard InChI is InChI=1S/C7H9ClFIN2/c1-7(2,3)12-5(8)4(10)6(9)11-12/h1-3H3. The van der Waals surface area contributed by atoms with Crippen molar-refractivity contribution in [2.75, 3.05) is 0 Å². The highest BCUT2D eigenvalue weighted by molar-refractivity contribution is 14.1. The van der Waals surface area contributed by atoms with Gasteiger partial charge < -0.3 is 0 Å². The van der Waals surface area contributed by atoms with Gasteiger partial charge in [0.25, 0.3) is 0 Å². The molecule has 0 aromatic carbocycles. The summed E-state index contributed by atoms with van der Waals surface area (Å²) in [6.45, 7) is 5.75. The quantitative estimate of drug-likeness (QED) is 0.674. The van der Waals surface area contributed by atoms with E-state index in [1.54, 1.807) is 0 Å². The Labute approximate surface area is 89.2 Å². The first kappa shape index (κ1) is 10.2. The van der Waals surface area contributed by atoms with Gasteiger partial charge in [-0.3, -0.25) is 0 Å². The number of aromatic nitrogens is 2. The second-order valence-electron chi connectivity index (χ2n) is 3.48. The first-order valence-corrected chi connectivity index (χ1v) is 4.89. The zero-order valence-electron chi connectivity index (χ0n) is 7.03. The van der Waals surface area contributed by atoms with E-state index < -0.39 is 5.95 Å². The van der Waals surface area contributed by atoms with Crippen molar-refractivity contribution in [3.63, 3.8) is 0 Å². The summed E-state index contributed by atoms with van der Waals surface area (Å²) in [4.78, 5) is 0. The van der Waals surface area contributed by atoms with Gasteiger partial charge in [0, 0.05) is 0 Å². The van der Waals surface area contributed by atoms with Gasteiger partial charge in [-0.2, -0.15) is 4.39 Å². The van der Waals surface area contributed by atoms with Crippen molar-refractivity contribution in [1.29, 1.82) is 0 Å². The molecule has 68 valence electrons. The Morgan fingerprint density at radius 3 is 2.17 bits per heavy atom. The molecule has 0 amide bonds. The smallest absolute Gasteiger partial charge is 0.245 e. The molecule has 0 atom stereocenters. The van der Waals surface area contributed by atoms with Crippen molar-refractivity contribution in [2.24, 2.45) is 0 Å². The summed E-state index contributed by atoms with van der Waals surface area (Å²) in [5.41, 5.74) is -0.276. The Morgan fingerprint density at radius 1 is 1.50 bits per heavy atom. The third-order valence-corrected chi connectivity index (χ3v) is 3.00. The number of hydrogen-bond acceptors (Lipinski definition) is 1. The zero-order chi connectivity index (χ0) is 9.52. The number of rotatable bonds is 0. The lowest BCUT2D eigenvalue weighted by Gasteiger charge is -2.19. The fourth-order valence-electron chi connectivity index (χ4n) is 0.798. The van der Waals surface area contributed by atoms with Gasteiger partial charge in [0.2, 0.25) is 5.95 Å². The number of halogens is 3. The van der Waals surface area contributed by atoms with Crippen LogP contribution in [0.3, 0.4) is 0 Å². The summed E-state index contributed by atoms with van der Waals surface area (Å²) >= 11 is 7.69. The van der Waals surface area contributed by atoms with Crippen LogP contribution < -0.4 is 0 Å². The summed E-state index contributed by atoms with van der Waals surface area (Å²) in [7, 11) is 0. The molecule has 1 heterocycles. The first-order chi connectivity index (χ1) is 5.34. The molecule has 0 aliphatic rings. The number of nitrogens with zero attached hydrogens (tertiary/aromatic N) is 2. The molecule has 0 fully saturated rings. The molecule has 0 bridgehead atoms. The number of hydrogen-bond donors (Lipinski definition) is 0. The average molecular weight is 303 g/mol. The summed E-state index contributed by atoms with van der Waals surface area (Å²) in [6.07, 6.45) is 0. The molecule has 0 N–H and O–H groups in total. The van der Waals surface area contributed by atoms with Gasteiger partial charge in [0.05, 0.1) is 5.54 Å². The topological polar surface area (TPSA) is 17.8 Å². The van der Waals surface area contributed by atoms with E-state index in [9.17, 15) is 4.39 Å². The molecule has 12 heavy (non-hydrogen) atoms. The third-order valence-electron chi connectivity index (χ3n) is 1.37. The van der Waals surface area contributed by atoms with Crippen LogP contribution in [0.1, 0.15) is 20.8 Å². The predicted octanol–water partition coefficient (Wildman–Crippen LogP) is 3.04. The summed E-state index contributed by atoms with van der Waals surface area (Å²) in [5.74, 6) is -0.504. The van der Waals surface area contributed by atoms with Crippen LogP contribution in [0.2, 0.25) is 5.15 Å². The Balaban J connectivity index is 3.28. The zero-order valence-corrected chi connectivity index (χ0v) is 9.94.